The predicted octanol–water partition coefficient (Wildman–Crippen LogP) is 4.60. The summed E-state index contributed by atoms with van der Waals surface area (Å²) in [6.45, 7) is 0.731. The van der Waals surface area contributed by atoms with Gasteiger partial charge in [-0.1, -0.05) is 28.9 Å². The van der Waals surface area contributed by atoms with Gasteiger partial charge < -0.3 is 13.8 Å². The molecule has 0 fully saturated rings. The first-order valence-corrected chi connectivity index (χ1v) is 8.98. The number of esters is 1. The molecule has 0 saturated heterocycles. The highest BCUT2D eigenvalue weighted by Gasteiger charge is 2.11. The van der Waals surface area contributed by atoms with Crippen molar-refractivity contribution in [2.75, 3.05) is 0 Å². The van der Waals surface area contributed by atoms with Crippen LogP contribution in [0, 0.1) is 0 Å². The Kier molecular flexibility index (Phi) is 5.21. The maximum atomic E-state index is 12.3. The zero-order chi connectivity index (χ0) is 19.3. The number of rotatable bonds is 6. The maximum Gasteiger partial charge on any atom is 0.338 e. The molecule has 0 radical (unpaired) electrons. The molecule has 0 saturated carbocycles. The molecule has 0 N–H and O–H groups in total. The number of ether oxygens (including phenoxy) is 1. The van der Waals surface area contributed by atoms with Crippen molar-refractivity contribution < 1.29 is 14.1 Å². The summed E-state index contributed by atoms with van der Waals surface area (Å²) in [6, 6.07) is 16.2. The first-order valence-electron chi connectivity index (χ1n) is 8.61. The van der Waals surface area contributed by atoms with E-state index in [1.807, 2.05) is 35.0 Å². The Balaban J connectivity index is 1.34. The molecule has 0 amide bonds. The first-order chi connectivity index (χ1) is 13.7. The minimum atomic E-state index is -0.412. The van der Waals surface area contributed by atoms with Crippen LogP contribution in [0.3, 0.4) is 0 Å². The Morgan fingerprint density at radius 3 is 2.61 bits per heavy atom. The van der Waals surface area contributed by atoms with Crippen LogP contribution in [0.5, 0.6) is 0 Å². The van der Waals surface area contributed by atoms with Crippen LogP contribution in [0.2, 0.25) is 5.02 Å². The number of halogens is 1. The fourth-order valence-corrected chi connectivity index (χ4v) is 2.82. The van der Waals surface area contributed by atoms with Gasteiger partial charge in [0.25, 0.3) is 0 Å². The molecule has 4 rings (SSSR count). The van der Waals surface area contributed by atoms with Crippen molar-refractivity contribution in [3.05, 3.63) is 95.2 Å². The smallest absolute Gasteiger partial charge is 0.338 e. The second-order valence-electron chi connectivity index (χ2n) is 6.20. The lowest BCUT2D eigenvalue weighted by atomic mass is 10.1. The van der Waals surface area contributed by atoms with Crippen molar-refractivity contribution in [3.8, 4) is 11.3 Å². The van der Waals surface area contributed by atoms with Crippen molar-refractivity contribution in [3.63, 3.8) is 0 Å². The molecule has 0 aliphatic carbocycles. The molecular formula is C21H16ClN3O3. The molecule has 28 heavy (non-hydrogen) atoms. The van der Waals surface area contributed by atoms with Crippen LogP contribution in [-0.4, -0.2) is 20.7 Å². The predicted molar refractivity (Wildman–Crippen MR) is 104 cm³/mol. The van der Waals surface area contributed by atoms with Gasteiger partial charge in [0.1, 0.15) is 12.3 Å². The molecule has 0 spiro atoms. The van der Waals surface area contributed by atoms with Crippen molar-refractivity contribution in [2.24, 2.45) is 0 Å². The molecular weight excluding hydrogens is 378 g/mol. The van der Waals surface area contributed by atoms with E-state index < -0.39 is 5.97 Å². The van der Waals surface area contributed by atoms with E-state index in [1.54, 1.807) is 42.9 Å². The summed E-state index contributed by atoms with van der Waals surface area (Å²) in [5, 5.41) is 4.59. The van der Waals surface area contributed by atoms with Crippen LogP contribution in [0.1, 0.15) is 21.6 Å². The second kappa shape index (κ2) is 8.10. The molecule has 0 atom stereocenters. The topological polar surface area (TPSA) is 70.2 Å². The zero-order valence-corrected chi connectivity index (χ0v) is 15.5. The summed E-state index contributed by atoms with van der Waals surface area (Å²) in [5.74, 6) is 0.178. The summed E-state index contributed by atoms with van der Waals surface area (Å²) >= 11 is 5.88. The van der Waals surface area contributed by atoms with Gasteiger partial charge in [-0.3, -0.25) is 0 Å². The molecule has 6 nitrogen and oxygen atoms in total. The van der Waals surface area contributed by atoms with E-state index >= 15 is 0 Å². The first kappa shape index (κ1) is 18.0. The summed E-state index contributed by atoms with van der Waals surface area (Å²) in [5.41, 5.74) is 2.94. The fraction of sp³-hybridized carbons (Fsp3) is 0.0952. The van der Waals surface area contributed by atoms with E-state index in [0.29, 0.717) is 28.6 Å². The Morgan fingerprint density at radius 2 is 1.89 bits per heavy atom. The van der Waals surface area contributed by atoms with E-state index in [4.69, 9.17) is 20.9 Å². The SMILES string of the molecule is O=C(OCc1cc(-c2ccc(Cl)cc2)on1)c1ccc(Cn2ccnc2)cc1. The van der Waals surface area contributed by atoms with Crippen LogP contribution in [0.25, 0.3) is 11.3 Å². The largest absolute Gasteiger partial charge is 0.455 e. The van der Waals surface area contributed by atoms with Gasteiger partial charge in [-0.2, -0.15) is 0 Å². The van der Waals surface area contributed by atoms with Crippen molar-refractivity contribution in [1.82, 2.24) is 14.7 Å². The van der Waals surface area contributed by atoms with Crippen molar-refractivity contribution in [1.29, 1.82) is 0 Å². The highest BCUT2D eigenvalue weighted by molar-refractivity contribution is 6.30. The van der Waals surface area contributed by atoms with E-state index in [2.05, 4.69) is 10.1 Å². The minimum absolute atomic E-state index is 0.0344. The van der Waals surface area contributed by atoms with Gasteiger partial charge >= 0.3 is 5.97 Å². The van der Waals surface area contributed by atoms with Crippen LogP contribution >= 0.6 is 11.6 Å². The van der Waals surface area contributed by atoms with E-state index in [0.717, 1.165) is 11.1 Å². The number of carbonyl (C=O) groups excluding carboxylic acids is 1. The summed E-state index contributed by atoms with van der Waals surface area (Å²) in [7, 11) is 0. The Labute approximate surface area is 166 Å². The van der Waals surface area contributed by atoms with Gasteiger partial charge in [-0.05, 0) is 42.0 Å². The number of aromatic nitrogens is 3. The molecule has 7 heteroatoms. The Hall–Kier alpha value is -3.38. The average molecular weight is 394 g/mol. The van der Waals surface area contributed by atoms with Gasteiger partial charge in [0.2, 0.25) is 0 Å². The summed E-state index contributed by atoms with van der Waals surface area (Å²) in [6.07, 6.45) is 5.37. The highest BCUT2D eigenvalue weighted by Crippen LogP contribution is 2.22. The van der Waals surface area contributed by atoms with Crippen molar-refractivity contribution in [2.45, 2.75) is 13.2 Å². The molecule has 2 aromatic heterocycles. The lowest BCUT2D eigenvalue weighted by Gasteiger charge is -2.05. The van der Waals surface area contributed by atoms with Gasteiger partial charge in [-0.15, -0.1) is 0 Å². The second-order valence-corrected chi connectivity index (χ2v) is 6.63. The van der Waals surface area contributed by atoms with E-state index in [9.17, 15) is 4.79 Å². The van der Waals surface area contributed by atoms with Crippen molar-refractivity contribution >= 4 is 17.6 Å². The molecule has 0 aliphatic heterocycles. The van der Waals surface area contributed by atoms with Gasteiger partial charge in [-0.25, -0.2) is 9.78 Å². The lowest BCUT2D eigenvalue weighted by molar-refractivity contribution is 0.0464. The van der Waals surface area contributed by atoms with Crippen LogP contribution in [0.15, 0.2) is 77.8 Å². The van der Waals surface area contributed by atoms with E-state index in [-0.39, 0.29) is 6.61 Å². The highest BCUT2D eigenvalue weighted by atomic mass is 35.5. The summed E-state index contributed by atoms with van der Waals surface area (Å²) in [4.78, 5) is 16.3. The lowest BCUT2D eigenvalue weighted by Crippen LogP contribution is -2.06. The quantitative estimate of drug-likeness (QED) is 0.448. The van der Waals surface area contributed by atoms with Crippen LogP contribution in [-0.2, 0) is 17.9 Å². The number of benzene rings is 2. The molecule has 0 unspecified atom stereocenters. The van der Waals surface area contributed by atoms with Crippen LogP contribution < -0.4 is 0 Å². The third-order valence-corrected chi connectivity index (χ3v) is 4.40. The molecule has 2 heterocycles. The molecule has 140 valence electrons. The average Bonchev–Trinajstić information content (AvgIpc) is 3.39. The molecule has 0 aliphatic rings. The Morgan fingerprint density at radius 1 is 1.11 bits per heavy atom. The third-order valence-electron chi connectivity index (χ3n) is 4.15. The number of hydrogen-bond acceptors (Lipinski definition) is 5. The van der Waals surface area contributed by atoms with E-state index in [1.165, 1.54) is 0 Å². The maximum absolute atomic E-state index is 12.3. The normalized spacial score (nSPS) is 10.8. The third kappa shape index (κ3) is 4.29. The monoisotopic (exact) mass is 393 g/mol. The number of nitrogens with zero attached hydrogens (tertiary/aromatic N) is 3. The molecule has 2 aromatic carbocycles. The standard InChI is InChI=1S/C21H16ClN3O3/c22-18-7-5-16(6-8-18)20-11-19(24-28-20)13-27-21(26)17-3-1-15(2-4-17)12-25-10-9-23-14-25/h1-11,14H,12-13H2. The molecule has 4 aromatic rings. The van der Waals surface area contributed by atoms with Gasteiger partial charge in [0.15, 0.2) is 5.76 Å². The van der Waals surface area contributed by atoms with Gasteiger partial charge in [0, 0.05) is 35.6 Å². The zero-order valence-electron chi connectivity index (χ0n) is 14.8. The Bertz CT molecular complexity index is 1060. The number of imidazole rings is 1. The fourth-order valence-electron chi connectivity index (χ4n) is 2.69. The number of hydrogen-bond donors (Lipinski definition) is 0. The van der Waals surface area contributed by atoms with Crippen LogP contribution in [0.4, 0.5) is 0 Å². The minimum Gasteiger partial charge on any atom is -0.455 e. The summed E-state index contributed by atoms with van der Waals surface area (Å²) < 4.78 is 12.6. The molecule has 0 bridgehead atoms. The number of carbonyl (C=O) groups is 1. The van der Waals surface area contributed by atoms with Gasteiger partial charge in [0.05, 0.1) is 11.9 Å².